The maximum atomic E-state index is 5.89. The quantitative estimate of drug-likeness (QED) is 0.676. The van der Waals surface area contributed by atoms with Crippen LogP contribution in [0.5, 0.6) is 11.5 Å². The number of rotatable bonds is 5. The van der Waals surface area contributed by atoms with Gasteiger partial charge in [0.25, 0.3) is 0 Å². The average Bonchev–Trinajstić information content (AvgIpc) is 2.93. The number of pyridine rings is 1. The zero-order valence-electron chi connectivity index (χ0n) is 11.5. The molecule has 0 spiro atoms. The van der Waals surface area contributed by atoms with Gasteiger partial charge in [0.2, 0.25) is 0 Å². The lowest BCUT2D eigenvalue weighted by molar-refractivity contribution is 0.476. The van der Waals surface area contributed by atoms with Crippen LogP contribution in [-0.2, 0) is 12.8 Å². The Kier molecular flexibility index (Phi) is 4.16. The van der Waals surface area contributed by atoms with E-state index >= 15 is 0 Å². The predicted molar refractivity (Wildman–Crippen MR) is 81.3 cm³/mol. The monoisotopic (exact) mass is 298 g/mol. The lowest BCUT2D eigenvalue weighted by Crippen LogP contribution is -1.93. The first kappa shape index (κ1) is 13.6. The van der Waals surface area contributed by atoms with Crippen molar-refractivity contribution < 1.29 is 4.74 Å². The molecule has 0 fully saturated rings. The fourth-order valence-corrected chi connectivity index (χ4v) is 2.68. The summed E-state index contributed by atoms with van der Waals surface area (Å²) in [6.45, 7) is 0. The largest absolute Gasteiger partial charge is 0.455 e. The van der Waals surface area contributed by atoms with Gasteiger partial charge in [-0.15, -0.1) is 10.2 Å². The Hall–Kier alpha value is -2.34. The van der Waals surface area contributed by atoms with E-state index < -0.39 is 0 Å². The summed E-state index contributed by atoms with van der Waals surface area (Å²) in [4.78, 5) is 4.06. The number of hydrogen-bond donors (Lipinski definition) is 0. The van der Waals surface area contributed by atoms with Crippen molar-refractivity contribution in [3.63, 3.8) is 0 Å². The highest BCUT2D eigenvalue weighted by molar-refractivity contribution is 7.98. The number of aryl methyl sites for hydroxylation is 1. The van der Waals surface area contributed by atoms with Crippen molar-refractivity contribution in [1.29, 1.82) is 0 Å². The van der Waals surface area contributed by atoms with E-state index in [0.717, 1.165) is 28.0 Å². The lowest BCUT2D eigenvalue weighted by Gasteiger charge is -2.10. The number of thioether (sulfide) groups is 1. The van der Waals surface area contributed by atoms with Crippen molar-refractivity contribution in [3.05, 3.63) is 60.7 Å². The first-order valence-corrected chi connectivity index (χ1v) is 7.44. The van der Waals surface area contributed by atoms with Crippen molar-refractivity contribution >= 4 is 11.8 Å². The summed E-state index contributed by atoms with van der Waals surface area (Å²) in [5.41, 5.74) is 1.11. The number of ether oxygens (including phenoxy) is 1. The number of benzene rings is 1. The van der Waals surface area contributed by atoms with Gasteiger partial charge in [-0.2, -0.15) is 0 Å². The molecule has 106 valence electrons. The van der Waals surface area contributed by atoms with Crippen LogP contribution in [0.1, 0.15) is 5.56 Å². The number of para-hydroxylation sites is 1. The number of nitrogens with zero attached hydrogens (tertiary/aromatic N) is 4. The maximum Gasteiger partial charge on any atom is 0.191 e. The zero-order chi connectivity index (χ0) is 14.5. The molecule has 0 bridgehead atoms. The van der Waals surface area contributed by atoms with Crippen molar-refractivity contribution in [2.45, 2.75) is 10.9 Å². The molecule has 2 aromatic heterocycles. The van der Waals surface area contributed by atoms with Crippen LogP contribution in [0.4, 0.5) is 0 Å². The van der Waals surface area contributed by atoms with Crippen LogP contribution in [0, 0.1) is 0 Å². The molecule has 0 aliphatic rings. The number of aromatic nitrogens is 4. The van der Waals surface area contributed by atoms with Gasteiger partial charge in [-0.3, -0.25) is 4.98 Å². The minimum atomic E-state index is 0.730. The molecule has 6 heteroatoms. The van der Waals surface area contributed by atoms with Crippen LogP contribution >= 0.6 is 11.8 Å². The minimum Gasteiger partial charge on any atom is -0.455 e. The third-order valence-electron chi connectivity index (χ3n) is 2.86. The third kappa shape index (κ3) is 3.41. The first-order valence-electron chi connectivity index (χ1n) is 6.45. The standard InChI is InChI=1S/C15H14N4OS/c1-19-11-17-18-15(19)21-10-12-5-2-3-7-14(12)20-13-6-4-8-16-9-13/h2-9,11H,10H2,1H3. The summed E-state index contributed by atoms with van der Waals surface area (Å²) in [5.74, 6) is 2.33. The Morgan fingerprint density at radius 2 is 2.10 bits per heavy atom. The first-order chi connectivity index (χ1) is 10.3. The second-order valence-electron chi connectivity index (χ2n) is 4.41. The van der Waals surface area contributed by atoms with Crippen molar-refractivity contribution in [3.8, 4) is 11.5 Å². The molecule has 0 saturated carbocycles. The molecule has 0 atom stereocenters. The van der Waals surface area contributed by atoms with E-state index in [4.69, 9.17) is 4.74 Å². The van der Waals surface area contributed by atoms with Crippen LogP contribution in [0.2, 0.25) is 0 Å². The van der Waals surface area contributed by atoms with Gasteiger partial charge in [-0.05, 0) is 18.2 Å². The van der Waals surface area contributed by atoms with E-state index in [1.165, 1.54) is 0 Å². The van der Waals surface area contributed by atoms with Gasteiger partial charge in [0.1, 0.15) is 17.8 Å². The van der Waals surface area contributed by atoms with E-state index in [1.54, 1.807) is 30.5 Å². The highest BCUT2D eigenvalue weighted by Crippen LogP contribution is 2.29. The SMILES string of the molecule is Cn1cnnc1SCc1ccccc1Oc1cccnc1. The molecular weight excluding hydrogens is 284 g/mol. The molecule has 0 aliphatic carbocycles. The topological polar surface area (TPSA) is 52.8 Å². The predicted octanol–water partition coefficient (Wildman–Crippen LogP) is 3.29. The molecule has 0 amide bonds. The zero-order valence-corrected chi connectivity index (χ0v) is 12.3. The highest BCUT2D eigenvalue weighted by Gasteiger charge is 2.07. The Bertz CT molecular complexity index is 714. The van der Waals surface area contributed by atoms with Gasteiger partial charge in [0.05, 0.1) is 6.20 Å². The van der Waals surface area contributed by atoms with Gasteiger partial charge >= 0.3 is 0 Å². The highest BCUT2D eigenvalue weighted by atomic mass is 32.2. The molecule has 0 unspecified atom stereocenters. The molecule has 0 radical (unpaired) electrons. The molecule has 0 aliphatic heterocycles. The molecule has 3 rings (SSSR count). The Labute approximate surface area is 127 Å². The van der Waals surface area contributed by atoms with Gasteiger partial charge in [0.15, 0.2) is 5.16 Å². The normalized spacial score (nSPS) is 10.5. The van der Waals surface area contributed by atoms with E-state index in [-0.39, 0.29) is 0 Å². The van der Waals surface area contributed by atoms with E-state index in [0.29, 0.717) is 0 Å². The smallest absolute Gasteiger partial charge is 0.191 e. The van der Waals surface area contributed by atoms with Crippen molar-refractivity contribution in [2.75, 3.05) is 0 Å². The fourth-order valence-electron chi connectivity index (χ4n) is 1.80. The van der Waals surface area contributed by atoms with Crippen molar-refractivity contribution in [1.82, 2.24) is 19.7 Å². The Morgan fingerprint density at radius 3 is 2.86 bits per heavy atom. The Balaban J connectivity index is 1.75. The molecule has 2 heterocycles. The van der Waals surface area contributed by atoms with Crippen LogP contribution < -0.4 is 4.74 Å². The molecule has 3 aromatic rings. The molecule has 21 heavy (non-hydrogen) atoms. The summed E-state index contributed by atoms with van der Waals surface area (Å²) in [7, 11) is 1.93. The second kappa shape index (κ2) is 6.41. The van der Waals surface area contributed by atoms with Gasteiger partial charge < -0.3 is 9.30 Å². The molecular formula is C15H14N4OS. The van der Waals surface area contributed by atoms with E-state index in [2.05, 4.69) is 21.2 Å². The van der Waals surface area contributed by atoms with Crippen LogP contribution in [0.25, 0.3) is 0 Å². The summed E-state index contributed by atoms with van der Waals surface area (Å²) in [6, 6.07) is 11.7. The van der Waals surface area contributed by atoms with Gasteiger partial charge in [-0.1, -0.05) is 30.0 Å². The van der Waals surface area contributed by atoms with Crippen molar-refractivity contribution in [2.24, 2.45) is 7.05 Å². The summed E-state index contributed by atoms with van der Waals surface area (Å²) in [5, 5.41) is 8.83. The second-order valence-corrected chi connectivity index (χ2v) is 5.35. The van der Waals surface area contributed by atoms with Gasteiger partial charge in [-0.25, -0.2) is 0 Å². The lowest BCUT2D eigenvalue weighted by atomic mass is 10.2. The van der Waals surface area contributed by atoms with Crippen LogP contribution in [-0.4, -0.2) is 19.7 Å². The minimum absolute atomic E-state index is 0.730. The maximum absolute atomic E-state index is 5.89. The number of hydrogen-bond acceptors (Lipinski definition) is 5. The average molecular weight is 298 g/mol. The van der Waals surface area contributed by atoms with E-state index in [1.807, 2.05) is 41.9 Å². The molecule has 0 saturated heterocycles. The van der Waals surface area contributed by atoms with Crippen LogP contribution in [0.3, 0.4) is 0 Å². The Morgan fingerprint density at radius 1 is 1.19 bits per heavy atom. The van der Waals surface area contributed by atoms with Gasteiger partial charge in [0, 0.05) is 24.6 Å². The molecule has 1 aromatic carbocycles. The van der Waals surface area contributed by atoms with E-state index in [9.17, 15) is 0 Å². The molecule has 0 N–H and O–H groups in total. The summed E-state index contributed by atoms with van der Waals surface area (Å²) in [6.07, 6.45) is 5.12. The third-order valence-corrected chi connectivity index (χ3v) is 3.94. The summed E-state index contributed by atoms with van der Waals surface area (Å²) < 4.78 is 7.79. The van der Waals surface area contributed by atoms with Crippen LogP contribution in [0.15, 0.2) is 60.3 Å². The molecule has 5 nitrogen and oxygen atoms in total. The fraction of sp³-hybridized carbons (Fsp3) is 0.133. The summed E-state index contributed by atoms with van der Waals surface area (Å²) >= 11 is 1.63.